The number of benzene rings is 2. The van der Waals surface area contributed by atoms with Crippen molar-refractivity contribution in [2.75, 3.05) is 27.1 Å². The lowest BCUT2D eigenvalue weighted by atomic mass is 9.83. The Kier molecular flexibility index (Phi) is 8.34. The highest BCUT2D eigenvalue weighted by Crippen LogP contribution is 2.26. The zero-order valence-electron chi connectivity index (χ0n) is 17.3. The molecule has 0 bridgehead atoms. The van der Waals surface area contributed by atoms with Crippen molar-refractivity contribution in [3.63, 3.8) is 0 Å². The first kappa shape index (κ1) is 23.3. The van der Waals surface area contributed by atoms with E-state index in [1.165, 1.54) is 0 Å². The molecule has 0 saturated heterocycles. The predicted octanol–water partition coefficient (Wildman–Crippen LogP) is 3.42. The zero-order valence-corrected chi connectivity index (χ0v) is 17.3. The van der Waals surface area contributed by atoms with Crippen LogP contribution < -0.4 is 10.5 Å². The summed E-state index contributed by atoms with van der Waals surface area (Å²) in [4.78, 5) is 11.6. The molecule has 0 unspecified atom stereocenters. The van der Waals surface area contributed by atoms with Crippen LogP contribution in [0, 0.1) is 28.9 Å². The van der Waals surface area contributed by atoms with Gasteiger partial charge in [0, 0.05) is 35.3 Å². The molecule has 2 aromatic carbocycles. The Morgan fingerprint density at radius 2 is 1.80 bits per heavy atom. The molecular weight excluding hydrogens is 392 g/mol. The molecule has 0 aliphatic rings. The molecular formula is C23H25F2NO4. The normalized spacial score (nSPS) is 11.0. The van der Waals surface area contributed by atoms with Gasteiger partial charge in [-0.05, 0) is 36.8 Å². The molecule has 0 radical (unpaired) electrons. The van der Waals surface area contributed by atoms with Crippen molar-refractivity contribution in [1.82, 2.24) is 0 Å². The predicted molar refractivity (Wildman–Crippen MR) is 109 cm³/mol. The third kappa shape index (κ3) is 6.83. The summed E-state index contributed by atoms with van der Waals surface area (Å²) >= 11 is 0. The molecule has 0 saturated carbocycles. The second-order valence-electron chi connectivity index (χ2n) is 7.28. The first-order valence-corrected chi connectivity index (χ1v) is 9.32. The Balaban J connectivity index is 2.16. The molecule has 5 nitrogen and oxygen atoms in total. The van der Waals surface area contributed by atoms with E-state index in [2.05, 4.69) is 11.8 Å². The highest BCUT2D eigenvalue weighted by molar-refractivity contribution is 5.80. The molecule has 30 heavy (non-hydrogen) atoms. The average Bonchev–Trinajstić information content (AvgIpc) is 2.69. The van der Waals surface area contributed by atoms with Gasteiger partial charge in [-0.25, -0.2) is 8.78 Å². The standard InChI is InChI=1S/C23H25F2NO4/c1-23(2,22(26)27)14-20-17(12-18(24)13-21(20)25)7-4-16-5-8-19(9-6-16)30-15-29-11-10-28-3/h5-6,8-9,12-13H,10-11,14-15H2,1-3H3,(H2,26,27). The zero-order chi connectivity index (χ0) is 22.1. The monoisotopic (exact) mass is 417 g/mol. The Labute approximate surface area is 175 Å². The molecule has 0 aromatic heterocycles. The molecule has 7 heteroatoms. The van der Waals surface area contributed by atoms with Gasteiger partial charge in [0.05, 0.1) is 13.2 Å². The number of amides is 1. The Morgan fingerprint density at radius 3 is 2.43 bits per heavy atom. The minimum Gasteiger partial charge on any atom is -0.468 e. The van der Waals surface area contributed by atoms with Crippen LogP contribution in [-0.4, -0.2) is 33.0 Å². The quantitative estimate of drug-likeness (QED) is 0.386. The van der Waals surface area contributed by atoms with E-state index in [9.17, 15) is 13.6 Å². The fourth-order valence-electron chi connectivity index (χ4n) is 2.51. The number of carbonyl (C=O) groups excluding carboxylic acids is 1. The second kappa shape index (κ2) is 10.7. The summed E-state index contributed by atoms with van der Waals surface area (Å²) in [6.45, 7) is 4.21. The van der Waals surface area contributed by atoms with Crippen LogP contribution in [-0.2, 0) is 20.7 Å². The highest BCUT2D eigenvalue weighted by Gasteiger charge is 2.28. The third-order valence-electron chi connectivity index (χ3n) is 4.38. The van der Waals surface area contributed by atoms with Gasteiger partial charge in [-0.1, -0.05) is 25.7 Å². The molecule has 2 N–H and O–H groups in total. The number of hydrogen-bond acceptors (Lipinski definition) is 4. The Morgan fingerprint density at radius 1 is 1.10 bits per heavy atom. The number of primary amides is 1. The average molecular weight is 417 g/mol. The van der Waals surface area contributed by atoms with Gasteiger partial charge >= 0.3 is 0 Å². The lowest BCUT2D eigenvalue weighted by Gasteiger charge is -2.21. The summed E-state index contributed by atoms with van der Waals surface area (Å²) in [6.07, 6.45) is 0.00824. The number of rotatable bonds is 9. The fourth-order valence-corrected chi connectivity index (χ4v) is 2.51. The van der Waals surface area contributed by atoms with Gasteiger partial charge in [0.2, 0.25) is 5.91 Å². The van der Waals surface area contributed by atoms with Gasteiger partial charge in [-0.3, -0.25) is 4.79 Å². The van der Waals surface area contributed by atoms with Gasteiger partial charge in [0.15, 0.2) is 6.79 Å². The van der Waals surface area contributed by atoms with Gasteiger partial charge in [-0.15, -0.1) is 0 Å². The van der Waals surface area contributed by atoms with Gasteiger partial charge in [0.25, 0.3) is 0 Å². The summed E-state index contributed by atoms with van der Waals surface area (Å²) in [7, 11) is 1.59. The van der Waals surface area contributed by atoms with Crippen LogP contribution in [0.15, 0.2) is 36.4 Å². The molecule has 0 fully saturated rings. The summed E-state index contributed by atoms with van der Waals surface area (Å²) in [6, 6.07) is 8.80. The largest absolute Gasteiger partial charge is 0.468 e. The van der Waals surface area contributed by atoms with E-state index in [0.717, 1.165) is 12.1 Å². The summed E-state index contributed by atoms with van der Waals surface area (Å²) in [5.41, 5.74) is 5.35. The van der Waals surface area contributed by atoms with Crippen molar-refractivity contribution in [2.24, 2.45) is 11.1 Å². The maximum absolute atomic E-state index is 14.4. The van der Waals surface area contributed by atoms with Crippen molar-refractivity contribution >= 4 is 5.91 Å². The summed E-state index contributed by atoms with van der Waals surface area (Å²) in [5.74, 6) is 4.20. The first-order chi connectivity index (χ1) is 14.2. The number of nitrogens with two attached hydrogens (primary N) is 1. The van der Waals surface area contributed by atoms with Crippen LogP contribution in [0.4, 0.5) is 8.78 Å². The van der Waals surface area contributed by atoms with Crippen LogP contribution >= 0.6 is 0 Å². The van der Waals surface area contributed by atoms with E-state index in [4.69, 9.17) is 19.9 Å². The SMILES string of the molecule is COCCOCOc1ccc(C#Cc2cc(F)cc(F)c2CC(C)(C)C(N)=O)cc1. The topological polar surface area (TPSA) is 70.8 Å². The van der Waals surface area contributed by atoms with E-state index in [1.54, 1.807) is 45.2 Å². The molecule has 0 heterocycles. The summed E-state index contributed by atoms with van der Waals surface area (Å²) in [5, 5.41) is 0. The smallest absolute Gasteiger partial charge is 0.223 e. The van der Waals surface area contributed by atoms with E-state index < -0.39 is 23.0 Å². The van der Waals surface area contributed by atoms with Gasteiger partial charge in [-0.2, -0.15) is 0 Å². The maximum atomic E-state index is 14.4. The number of methoxy groups -OCH3 is 1. The van der Waals surface area contributed by atoms with Crippen molar-refractivity contribution in [1.29, 1.82) is 0 Å². The van der Waals surface area contributed by atoms with E-state index in [-0.39, 0.29) is 24.3 Å². The van der Waals surface area contributed by atoms with Crippen LogP contribution in [0.1, 0.15) is 30.5 Å². The van der Waals surface area contributed by atoms with Crippen molar-refractivity contribution in [2.45, 2.75) is 20.3 Å². The van der Waals surface area contributed by atoms with Crippen molar-refractivity contribution in [3.05, 3.63) is 64.7 Å². The van der Waals surface area contributed by atoms with Crippen molar-refractivity contribution < 1.29 is 27.8 Å². The molecule has 0 aliphatic heterocycles. The van der Waals surface area contributed by atoms with Crippen LogP contribution in [0.5, 0.6) is 5.75 Å². The molecule has 0 spiro atoms. The first-order valence-electron chi connectivity index (χ1n) is 9.32. The maximum Gasteiger partial charge on any atom is 0.223 e. The van der Waals surface area contributed by atoms with Crippen LogP contribution in [0.3, 0.4) is 0 Å². The highest BCUT2D eigenvalue weighted by atomic mass is 19.1. The Hall–Kier alpha value is -2.95. The molecule has 0 atom stereocenters. The van der Waals surface area contributed by atoms with Crippen LogP contribution in [0.25, 0.3) is 0 Å². The molecule has 2 aromatic rings. The fraction of sp³-hybridized carbons (Fsp3) is 0.348. The summed E-state index contributed by atoms with van der Waals surface area (Å²) < 4.78 is 43.6. The van der Waals surface area contributed by atoms with Crippen molar-refractivity contribution in [3.8, 4) is 17.6 Å². The van der Waals surface area contributed by atoms with Crippen LogP contribution in [0.2, 0.25) is 0 Å². The second-order valence-corrected chi connectivity index (χ2v) is 7.28. The number of carbonyl (C=O) groups is 1. The molecule has 160 valence electrons. The minimum absolute atomic E-state index is 0.00824. The lowest BCUT2D eigenvalue weighted by molar-refractivity contribution is -0.125. The molecule has 0 aliphatic carbocycles. The number of halogens is 2. The van der Waals surface area contributed by atoms with E-state index >= 15 is 0 Å². The molecule has 1 amide bonds. The number of hydrogen-bond donors (Lipinski definition) is 1. The lowest BCUT2D eigenvalue weighted by Crippen LogP contribution is -2.34. The van der Waals surface area contributed by atoms with Gasteiger partial charge in [0.1, 0.15) is 17.4 Å². The molecule has 2 rings (SSSR count). The third-order valence-corrected chi connectivity index (χ3v) is 4.38. The van der Waals surface area contributed by atoms with Gasteiger partial charge < -0.3 is 19.9 Å². The Bertz CT molecular complexity index is 931. The number of ether oxygens (including phenoxy) is 3. The van der Waals surface area contributed by atoms with E-state index in [1.807, 2.05) is 0 Å². The van der Waals surface area contributed by atoms with E-state index in [0.29, 0.717) is 24.5 Å². The minimum atomic E-state index is -1.00.